The molecule has 1 amide bonds. The van der Waals surface area contributed by atoms with Crippen molar-refractivity contribution < 1.29 is 9.90 Å². The molecule has 1 aliphatic rings. The molecule has 0 atom stereocenters. The van der Waals surface area contributed by atoms with Crippen molar-refractivity contribution in [2.75, 3.05) is 13.2 Å². The Morgan fingerprint density at radius 2 is 2.33 bits per heavy atom. The molecule has 1 heterocycles. The monoisotopic (exact) mass is 270 g/mol. The number of nitrogens with one attached hydrogen (secondary N) is 1. The van der Waals surface area contributed by atoms with Crippen LogP contribution in [-0.4, -0.2) is 28.7 Å². The third-order valence-electron chi connectivity index (χ3n) is 3.66. The summed E-state index contributed by atoms with van der Waals surface area (Å²) in [5, 5.41) is 12.5. The lowest BCUT2D eigenvalue weighted by Gasteiger charge is -2.15. The molecule has 1 fully saturated rings. The van der Waals surface area contributed by atoms with E-state index >= 15 is 0 Å². The maximum Gasteiger partial charge on any atom is 0.267 e. The maximum atomic E-state index is 12.1. The van der Waals surface area contributed by atoms with Crippen LogP contribution in [0.1, 0.15) is 36.7 Å². The zero-order valence-corrected chi connectivity index (χ0v) is 11.3. The normalized spacial score (nSPS) is 16.6. The van der Waals surface area contributed by atoms with Crippen LogP contribution in [0.2, 0.25) is 5.02 Å². The highest BCUT2D eigenvalue weighted by molar-refractivity contribution is 6.31. The number of nitrogens with zero attached hydrogens (tertiary/aromatic N) is 1. The number of aliphatic hydroxyl groups is 1. The van der Waals surface area contributed by atoms with Crippen LogP contribution in [0, 0.1) is 5.41 Å². The number of amides is 1. The first-order valence-corrected chi connectivity index (χ1v) is 6.73. The Hall–Kier alpha value is -1.00. The Morgan fingerprint density at radius 3 is 2.89 bits per heavy atom. The summed E-state index contributed by atoms with van der Waals surface area (Å²) in [6, 6.07) is 1.69. The second-order valence-corrected chi connectivity index (χ2v) is 5.42. The summed E-state index contributed by atoms with van der Waals surface area (Å²) in [4.78, 5) is 12.1. The van der Waals surface area contributed by atoms with Crippen LogP contribution in [-0.2, 0) is 6.54 Å². The summed E-state index contributed by atoms with van der Waals surface area (Å²) < 4.78 is 1.84. The molecule has 18 heavy (non-hydrogen) atoms. The van der Waals surface area contributed by atoms with E-state index in [1.165, 1.54) is 0 Å². The summed E-state index contributed by atoms with van der Waals surface area (Å²) in [6.45, 7) is 3.52. The van der Waals surface area contributed by atoms with Gasteiger partial charge in [-0.25, -0.2) is 0 Å². The molecular formula is C13H19ClN2O2. The lowest BCUT2D eigenvalue weighted by Crippen LogP contribution is -2.32. The molecule has 2 N–H and O–H groups in total. The third-order valence-corrected chi connectivity index (χ3v) is 3.87. The van der Waals surface area contributed by atoms with E-state index in [2.05, 4.69) is 5.32 Å². The van der Waals surface area contributed by atoms with Crippen LogP contribution in [0.5, 0.6) is 0 Å². The quantitative estimate of drug-likeness (QED) is 0.831. The van der Waals surface area contributed by atoms with Gasteiger partial charge in [0.2, 0.25) is 0 Å². The zero-order chi connectivity index (χ0) is 13.2. The smallest absolute Gasteiger partial charge is 0.267 e. The zero-order valence-electron chi connectivity index (χ0n) is 10.6. The number of rotatable bonds is 6. The van der Waals surface area contributed by atoms with Crippen molar-refractivity contribution >= 4 is 17.5 Å². The Labute approximate surface area is 112 Å². The average molecular weight is 271 g/mol. The summed E-state index contributed by atoms with van der Waals surface area (Å²) in [6.07, 6.45) is 4.70. The van der Waals surface area contributed by atoms with Gasteiger partial charge in [0.05, 0.1) is 5.02 Å². The first kappa shape index (κ1) is 13.4. The number of carbonyl (C=O) groups excluding carboxylic acids is 1. The van der Waals surface area contributed by atoms with Gasteiger partial charge in [0.25, 0.3) is 5.91 Å². The molecule has 1 saturated carbocycles. The number of aromatic nitrogens is 1. The number of hydrogen-bond donors (Lipinski definition) is 2. The summed E-state index contributed by atoms with van der Waals surface area (Å²) in [5.41, 5.74) is 0.736. The fourth-order valence-corrected chi connectivity index (χ4v) is 2.44. The fourth-order valence-electron chi connectivity index (χ4n) is 2.21. The minimum Gasteiger partial charge on any atom is -0.396 e. The van der Waals surface area contributed by atoms with Gasteiger partial charge in [0, 0.05) is 25.9 Å². The van der Waals surface area contributed by atoms with Gasteiger partial charge in [-0.2, -0.15) is 0 Å². The molecule has 0 bridgehead atoms. The third kappa shape index (κ3) is 2.87. The van der Waals surface area contributed by atoms with Crippen molar-refractivity contribution in [2.24, 2.45) is 5.41 Å². The van der Waals surface area contributed by atoms with E-state index in [-0.39, 0.29) is 17.9 Å². The number of hydrogen-bond acceptors (Lipinski definition) is 2. The van der Waals surface area contributed by atoms with Crippen molar-refractivity contribution in [2.45, 2.75) is 32.7 Å². The van der Waals surface area contributed by atoms with Gasteiger partial charge in [0.15, 0.2) is 0 Å². The Balaban J connectivity index is 1.95. The topological polar surface area (TPSA) is 54.3 Å². The first-order chi connectivity index (χ1) is 8.60. The van der Waals surface area contributed by atoms with Crippen molar-refractivity contribution in [1.29, 1.82) is 0 Å². The van der Waals surface area contributed by atoms with E-state index in [0.717, 1.165) is 25.8 Å². The van der Waals surface area contributed by atoms with Gasteiger partial charge in [-0.1, -0.05) is 11.6 Å². The predicted octanol–water partition coefficient (Wildman–Crippen LogP) is 2.05. The van der Waals surface area contributed by atoms with E-state index in [1.54, 1.807) is 12.3 Å². The predicted molar refractivity (Wildman–Crippen MR) is 70.8 cm³/mol. The van der Waals surface area contributed by atoms with Crippen molar-refractivity contribution in [3.63, 3.8) is 0 Å². The Bertz CT molecular complexity index is 438. The number of halogens is 1. The molecule has 0 radical (unpaired) electrons. The van der Waals surface area contributed by atoms with E-state index in [0.29, 0.717) is 17.3 Å². The first-order valence-electron chi connectivity index (χ1n) is 6.35. The molecule has 0 aliphatic heterocycles. The highest BCUT2D eigenvalue weighted by atomic mass is 35.5. The number of aryl methyl sites for hydroxylation is 1. The minimum absolute atomic E-state index is 0.0898. The van der Waals surface area contributed by atoms with Gasteiger partial charge in [-0.3, -0.25) is 4.79 Å². The van der Waals surface area contributed by atoms with Crippen molar-refractivity contribution in [3.8, 4) is 0 Å². The number of carbonyl (C=O) groups is 1. The van der Waals surface area contributed by atoms with Crippen LogP contribution < -0.4 is 5.32 Å². The van der Waals surface area contributed by atoms with E-state index in [4.69, 9.17) is 16.7 Å². The molecule has 0 aromatic carbocycles. The van der Waals surface area contributed by atoms with Crippen molar-refractivity contribution in [3.05, 3.63) is 23.0 Å². The molecule has 1 aromatic rings. The minimum atomic E-state index is -0.0898. The van der Waals surface area contributed by atoms with Crippen LogP contribution in [0.3, 0.4) is 0 Å². The van der Waals surface area contributed by atoms with Crippen LogP contribution in [0.25, 0.3) is 0 Å². The highest BCUT2D eigenvalue weighted by Gasteiger charge is 2.42. The van der Waals surface area contributed by atoms with E-state index < -0.39 is 0 Å². The van der Waals surface area contributed by atoms with Gasteiger partial charge >= 0.3 is 0 Å². The standard InChI is InChI=1S/C13H19ClN2O2/c1-2-16-8-10(14)7-11(16)12(18)15-9-13(3-4-13)5-6-17/h7-8,17H,2-6,9H2,1H3,(H,15,18). The molecule has 1 aromatic heterocycles. The van der Waals surface area contributed by atoms with Gasteiger partial charge in [0.1, 0.15) is 5.69 Å². The molecule has 4 nitrogen and oxygen atoms in total. The number of aliphatic hydroxyl groups excluding tert-OH is 1. The molecule has 0 saturated heterocycles. The summed E-state index contributed by atoms with van der Waals surface area (Å²) in [7, 11) is 0. The van der Waals surface area contributed by atoms with Crippen LogP contribution >= 0.6 is 11.6 Å². The van der Waals surface area contributed by atoms with E-state index in [9.17, 15) is 4.79 Å². The van der Waals surface area contributed by atoms with Crippen LogP contribution in [0.15, 0.2) is 12.3 Å². The van der Waals surface area contributed by atoms with Crippen molar-refractivity contribution in [1.82, 2.24) is 9.88 Å². The second-order valence-electron chi connectivity index (χ2n) is 4.99. The maximum absolute atomic E-state index is 12.1. The molecule has 100 valence electrons. The fraction of sp³-hybridized carbons (Fsp3) is 0.615. The van der Waals surface area contributed by atoms with Gasteiger partial charge < -0.3 is 15.0 Å². The Morgan fingerprint density at radius 1 is 1.61 bits per heavy atom. The lowest BCUT2D eigenvalue weighted by atomic mass is 10.0. The summed E-state index contributed by atoms with van der Waals surface area (Å²) in [5.74, 6) is -0.0898. The summed E-state index contributed by atoms with van der Waals surface area (Å²) >= 11 is 5.91. The van der Waals surface area contributed by atoms with Gasteiger partial charge in [-0.15, -0.1) is 0 Å². The molecular weight excluding hydrogens is 252 g/mol. The molecule has 2 rings (SSSR count). The molecule has 5 heteroatoms. The Kier molecular flexibility index (Phi) is 3.97. The second kappa shape index (κ2) is 5.33. The SMILES string of the molecule is CCn1cc(Cl)cc1C(=O)NCC1(CCO)CC1. The van der Waals surface area contributed by atoms with Crippen LogP contribution in [0.4, 0.5) is 0 Å². The lowest BCUT2D eigenvalue weighted by molar-refractivity contribution is 0.0931. The van der Waals surface area contributed by atoms with E-state index in [1.807, 2.05) is 11.5 Å². The largest absolute Gasteiger partial charge is 0.396 e. The highest BCUT2D eigenvalue weighted by Crippen LogP contribution is 2.47. The average Bonchev–Trinajstić information content (AvgIpc) is 3.01. The molecule has 1 aliphatic carbocycles. The van der Waals surface area contributed by atoms with Gasteiger partial charge in [-0.05, 0) is 37.7 Å². The molecule has 0 spiro atoms. The molecule has 0 unspecified atom stereocenters.